The quantitative estimate of drug-likeness (QED) is 0.857. The van der Waals surface area contributed by atoms with Crippen molar-refractivity contribution in [3.63, 3.8) is 0 Å². The highest BCUT2D eigenvalue weighted by atomic mass is 32.2. The number of nitrogens with zero attached hydrogens (tertiary/aromatic N) is 1. The van der Waals surface area contributed by atoms with Gasteiger partial charge in [0.25, 0.3) is 5.91 Å². The molecule has 2 rings (SSSR count). The van der Waals surface area contributed by atoms with Crippen LogP contribution in [0.1, 0.15) is 29.8 Å². The first-order chi connectivity index (χ1) is 8.25. The van der Waals surface area contributed by atoms with Crippen LogP contribution in [0.25, 0.3) is 0 Å². The first-order valence-electron chi connectivity index (χ1n) is 5.87. The Morgan fingerprint density at radius 2 is 2.41 bits per heavy atom. The third-order valence-corrected chi connectivity index (χ3v) is 4.18. The second kappa shape index (κ2) is 5.91. The van der Waals surface area contributed by atoms with E-state index in [1.165, 1.54) is 31.2 Å². The number of pyridine rings is 1. The lowest BCUT2D eigenvalue weighted by atomic mass is 10.2. The van der Waals surface area contributed by atoms with E-state index in [0.717, 1.165) is 6.54 Å². The molecule has 0 saturated carbocycles. The number of carbonyl (C=O) groups is 1. The van der Waals surface area contributed by atoms with Crippen LogP contribution in [0.15, 0.2) is 18.3 Å². The van der Waals surface area contributed by atoms with Gasteiger partial charge in [0.1, 0.15) is 5.69 Å². The van der Waals surface area contributed by atoms with Gasteiger partial charge in [-0.15, -0.1) is 0 Å². The standard InChI is InChI=1S/C12H17N3OS/c13-9-4-5-11(14-7-9)12(16)15-8-10-3-1-2-6-17-10/h4-5,7,10H,1-3,6,8,13H2,(H,15,16). The van der Waals surface area contributed by atoms with Crippen molar-refractivity contribution in [2.24, 2.45) is 0 Å². The third kappa shape index (κ3) is 3.63. The number of nitrogens with two attached hydrogens (primary N) is 1. The fourth-order valence-electron chi connectivity index (χ4n) is 1.81. The van der Waals surface area contributed by atoms with Gasteiger partial charge in [0.2, 0.25) is 0 Å². The number of hydrogen-bond acceptors (Lipinski definition) is 4. The summed E-state index contributed by atoms with van der Waals surface area (Å²) in [6, 6.07) is 3.34. The molecule has 1 amide bonds. The summed E-state index contributed by atoms with van der Waals surface area (Å²) in [4.78, 5) is 15.8. The first-order valence-corrected chi connectivity index (χ1v) is 6.92. The topological polar surface area (TPSA) is 68.0 Å². The highest BCUT2D eigenvalue weighted by Gasteiger charge is 2.15. The molecule has 0 spiro atoms. The van der Waals surface area contributed by atoms with E-state index in [2.05, 4.69) is 10.3 Å². The molecule has 4 nitrogen and oxygen atoms in total. The summed E-state index contributed by atoms with van der Waals surface area (Å²) < 4.78 is 0. The average Bonchev–Trinajstić information content (AvgIpc) is 2.38. The van der Waals surface area contributed by atoms with Crippen molar-refractivity contribution in [1.29, 1.82) is 0 Å². The van der Waals surface area contributed by atoms with E-state index in [1.54, 1.807) is 12.1 Å². The van der Waals surface area contributed by atoms with Gasteiger partial charge >= 0.3 is 0 Å². The van der Waals surface area contributed by atoms with E-state index in [9.17, 15) is 4.79 Å². The van der Waals surface area contributed by atoms with Gasteiger partial charge in [0.15, 0.2) is 0 Å². The molecular formula is C12H17N3OS. The molecule has 0 bridgehead atoms. The molecule has 5 heteroatoms. The number of thioether (sulfide) groups is 1. The Bertz CT molecular complexity index is 374. The fourth-order valence-corrected chi connectivity index (χ4v) is 3.04. The molecule has 1 unspecified atom stereocenters. The molecule has 1 aliphatic rings. The van der Waals surface area contributed by atoms with Gasteiger partial charge < -0.3 is 11.1 Å². The van der Waals surface area contributed by atoms with Gasteiger partial charge in [-0.3, -0.25) is 4.79 Å². The Labute approximate surface area is 105 Å². The summed E-state index contributed by atoms with van der Waals surface area (Å²) in [7, 11) is 0. The summed E-state index contributed by atoms with van der Waals surface area (Å²) in [5, 5.41) is 3.48. The molecule has 0 aliphatic carbocycles. The van der Waals surface area contributed by atoms with Gasteiger partial charge in [-0.05, 0) is 30.7 Å². The van der Waals surface area contributed by atoms with Crippen molar-refractivity contribution >= 4 is 23.4 Å². The Balaban J connectivity index is 1.82. The summed E-state index contributed by atoms with van der Waals surface area (Å²) in [5.41, 5.74) is 6.52. The van der Waals surface area contributed by atoms with Gasteiger partial charge in [-0.2, -0.15) is 11.8 Å². The molecule has 1 saturated heterocycles. The Kier molecular flexibility index (Phi) is 4.25. The highest BCUT2D eigenvalue weighted by molar-refractivity contribution is 7.99. The number of nitrogen functional groups attached to an aromatic ring is 1. The predicted octanol–water partition coefficient (Wildman–Crippen LogP) is 1.68. The molecule has 3 N–H and O–H groups in total. The van der Waals surface area contributed by atoms with Crippen molar-refractivity contribution < 1.29 is 4.79 Å². The molecule has 1 atom stereocenters. The molecule has 2 heterocycles. The van der Waals surface area contributed by atoms with Crippen LogP contribution in [0.4, 0.5) is 5.69 Å². The van der Waals surface area contributed by atoms with Gasteiger partial charge in [-0.25, -0.2) is 4.98 Å². The Morgan fingerprint density at radius 3 is 3.06 bits per heavy atom. The lowest BCUT2D eigenvalue weighted by Gasteiger charge is -2.21. The van der Waals surface area contributed by atoms with E-state index >= 15 is 0 Å². The molecule has 1 aliphatic heterocycles. The number of nitrogens with one attached hydrogen (secondary N) is 1. The third-order valence-electron chi connectivity index (χ3n) is 2.78. The second-order valence-corrected chi connectivity index (χ2v) is 5.58. The monoisotopic (exact) mass is 251 g/mol. The number of aromatic nitrogens is 1. The van der Waals surface area contributed by atoms with Crippen LogP contribution in [0.3, 0.4) is 0 Å². The Hall–Kier alpha value is -1.23. The van der Waals surface area contributed by atoms with Crippen molar-refractivity contribution in [2.45, 2.75) is 24.5 Å². The average molecular weight is 251 g/mol. The number of hydrogen-bond donors (Lipinski definition) is 2. The number of rotatable bonds is 3. The largest absolute Gasteiger partial charge is 0.397 e. The minimum atomic E-state index is -0.115. The molecule has 0 aromatic carbocycles. The van der Waals surface area contributed by atoms with E-state index in [0.29, 0.717) is 16.6 Å². The van der Waals surface area contributed by atoms with Crippen LogP contribution in [0, 0.1) is 0 Å². The zero-order valence-corrected chi connectivity index (χ0v) is 10.5. The lowest BCUT2D eigenvalue weighted by Crippen LogP contribution is -2.32. The summed E-state index contributed by atoms with van der Waals surface area (Å²) >= 11 is 1.95. The minimum absolute atomic E-state index is 0.115. The zero-order chi connectivity index (χ0) is 12.1. The van der Waals surface area contributed by atoms with Gasteiger partial charge in [0.05, 0.1) is 11.9 Å². The zero-order valence-electron chi connectivity index (χ0n) is 9.69. The van der Waals surface area contributed by atoms with Crippen molar-refractivity contribution in [3.05, 3.63) is 24.0 Å². The maximum Gasteiger partial charge on any atom is 0.269 e. The molecular weight excluding hydrogens is 234 g/mol. The Morgan fingerprint density at radius 1 is 1.53 bits per heavy atom. The molecule has 17 heavy (non-hydrogen) atoms. The number of carbonyl (C=O) groups excluding carboxylic acids is 1. The highest BCUT2D eigenvalue weighted by Crippen LogP contribution is 2.24. The molecule has 1 fully saturated rings. The first kappa shape index (κ1) is 12.2. The van der Waals surface area contributed by atoms with Crippen LogP contribution < -0.4 is 11.1 Å². The maximum absolute atomic E-state index is 11.8. The predicted molar refractivity (Wildman–Crippen MR) is 71.1 cm³/mol. The fraction of sp³-hybridized carbons (Fsp3) is 0.500. The van der Waals surface area contributed by atoms with Gasteiger partial charge in [-0.1, -0.05) is 6.42 Å². The molecule has 1 aromatic heterocycles. The summed E-state index contributed by atoms with van der Waals surface area (Å²) in [5.74, 6) is 1.09. The smallest absolute Gasteiger partial charge is 0.269 e. The summed E-state index contributed by atoms with van der Waals surface area (Å²) in [6.07, 6.45) is 5.27. The van der Waals surface area contributed by atoms with Crippen LogP contribution >= 0.6 is 11.8 Å². The van der Waals surface area contributed by atoms with Gasteiger partial charge in [0, 0.05) is 11.8 Å². The van der Waals surface area contributed by atoms with E-state index < -0.39 is 0 Å². The lowest BCUT2D eigenvalue weighted by molar-refractivity contribution is 0.0948. The van der Waals surface area contributed by atoms with E-state index in [-0.39, 0.29) is 5.91 Å². The number of amides is 1. The van der Waals surface area contributed by atoms with Crippen molar-refractivity contribution in [3.8, 4) is 0 Å². The van der Waals surface area contributed by atoms with Crippen LogP contribution in [-0.2, 0) is 0 Å². The minimum Gasteiger partial charge on any atom is -0.397 e. The van der Waals surface area contributed by atoms with Crippen LogP contribution in [-0.4, -0.2) is 28.4 Å². The van der Waals surface area contributed by atoms with Crippen LogP contribution in [0.5, 0.6) is 0 Å². The molecule has 0 radical (unpaired) electrons. The molecule has 1 aromatic rings. The van der Waals surface area contributed by atoms with Crippen LogP contribution in [0.2, 0.25) is 0 Å². The van der Waals surface area contributed by atoms with E-state index in [1.807, 2.05) is 11.8 Å². The SMILES string of the molecule is Nc1ccc(C(=O)NCC2CCCCS2)nc1. The molecule has 92 valence electrons. The van der Waals surface area contributed by atoms with Crippen molar-refractivity contribution in [1.82, 2.24) is 10.3 Å². The number of anilines is 1. The van der Waals surface area contributed by atoms with E-state index in [4.69, 9.17) is 5.73 Å². The maximum atomic E-state index is 11.8. The van der Waals surface area contributed by atoms with Crippen molar-refractivity contribution in [2.75, 3.05) is 18.0 Å². The second-order valence-electron chi connectivity index (χ2n) is 4.18. The normalized spacial score (nSPS) is 19.9. The summed E-state index contributed by atoms with van der Waals surface area (Å²) in [6.45, 7) is 0.732.